The molecule has 0 radical (unpaired) electrons. The Bertz CT molecular complexity index is 631. The molecule has 0 atom stereocenters. The van der Waals surface area contributed by atoms with E-state index in [0.29, 0.717) is 5.00 Å². The van der Waals surface area contributed by atoms with Crippen LogP contribution in [0.3, 0.4) is 0 Å². The maximum Gasteiger partial charge on any atom is 0.133 e. The van der Waals surface area contributed by atoms with Crippen LogP contribution in [-0.4, -0.2) is 9.36 Å². The van der Waals surface area contributed by atoms with Gasteiger partial charge >= 0.3 is 0 Å². The summed E-state index contributed by atoms with van der Waals surface area (Å²) in [5.41, 5.74) is 9.63. The Morgan fingerprint density at radius 2 is 1.88 bits per heavy atom. The summed E-state index contributed by atoms with van der Waals surface area (Å²) in [5, 5.41) is 0.676. The summed E-state index contributed by atoms with van der Waals surface area (Å²) in [6.45, 7) is 0. The zero-order chi connectivity index (χ0) is 11.0. The number of anilines is 1. The van der Waals surface area contributed by atoms with Crippen LogP contribution >= 0.6 is 11.5 Å². The molecule has 3 rings (SSSR count). The van der Waals surface area contributed by atoms with Gasteiger partial charge in [-0.3, -0.25) is 4.98 Å². The fraction of sp³-hybridized carbons (Fsp3) is 0. The molecule has 0 aliphatic carbocycles. The molecule has 16 heavy (non-hydrogen) atoms. The fourth-order valence-corrected chi connectivity index (χ4v) is 2.22. The van der Waals surface area contributed by atoms with E-state index in [0.717, 1.165) is 22.2 Å². The number of rotatable bonds is 1. The van der Waals surface area contributed by atoms with Gasteiger partial charge in [0, 0.05) is 11.8 Å². The highest BCUT2D eigenvalue weighted by Crippen LogP contribution is 2.26. The first kappa shape index (κ1) is 9.30. The Morgan fingerprint density at radius 3 is 2.69 bits per heavy atom. The van der Waals surface area contributed by atoms with Crippen molar-refractivity contribution in [1.29, 1.82) is 0 Å². The molecule has 1 aromatic carbocycles. The number of nitrogens with zero attached hydrogens (tertiary/aromatic N) is 2. The highest BCUT2D eigenvalue weighted by atomic mass is 32.1. The Kier molecular flexibility index (Phi) is 2.08. The predicted molar refractivity (Wildman–Crippen MR) is 67.3 cm³/mol. The van der Waals surface area contributed by atoms with Crippen molar-refractivity contribution in [3.8, 4) is 11.1 Å². The second-order valence-electron chi connectivity index (χ2n) is 3.50. The molecule has 0 amide bonds. The van der Waals surface area contributed by atoms with Crippen molar-refractivity contribution in [3.05, 3.63) is 42.6 Å². The molecule has 0 fully saturated rings. The lowest BCUT2D eigenvalue weighted by Crippen LogP contribution is -1.84. The molecule has 2 heterocycles. The monoisotopic (exact) mass is 227 g/mol. The highest BCUT2D eigenvalue weighted by Gasteiger charge is 2.05. The quantitative estimate of drug-likeness (QED) is 0.695. The molecule has 0 aliphatic rings. The molecular formula is C12H9N3S. The van der Waals surface area contributed by atoms with Crippen LogP contribution in [0.5, 0.6) is 0 Å². The maximum absolute atomic E-state index is 5.76. The third kappa shape index (κ3) is 1.44. The topological polar surface area (TPSA) is 51.8 Å². The first-order valence-electron chi connectivity index (χ1n) is 4.91. The van der Waals surface area contributed by atoms with Gasteiger partial charge in [-0.05, 0) is 23.2 Å². The van der Waals surface area contributed by atoms with Gasteiger partial charge in [0.25, 0.3) is 0 Å². The first-order chi connectivity index (χ1) is 7.84. The molecule has 4 heteroatoms. The maximum atomic E-state index is 5.76. The summed E-state index contributed by atoms with van der Waals surface area (Å²) >= 11 is 1.29. The minimum atomic E-state index is 0.676. The van der Waals surface area contributed by atoms with E-state index >= 15 is 0 Å². The molecule has 2 N–H and O–H groups in total. The number of nitrogens with two attached hydrogens (primary N) is 1. The average Bonchev–Trinajstić information content (AvgIpc) is 2.72. The van der Waals surface area contributed by atoms with E-state index in [4.69, 9.17) is 5.73 Å². The lowest BCUT2D eigenvalue weighted by Gasteiger charge is -2.00. The van der Waals surface area contributed by atoms with E-state index in [1.54, 1.807) is 0 Å². The Morgan fingerprint density at radius 1 is 1.06 bits per heavy atom. The van der Waals surface area contributed by atoms with Crippen molar-refractivity contribution in [3.63, 3.8) is 0 Å². The van der Waals surface area contributed by atoms with Gasteiger partial charge in [-0.2, -0.15) is 4.37 Å². The van der Waals surface area contributed by atoms with Crippen molar-refractivity contribution in [1.82, 2.24) is 9.36 Å². The third-order valence-electron chi connectivity index (χ3n) is 2.45. The predicted octanol–water partition coefficient (Wildman–Crippen LogP) is 2.94. The second kappa shape index (κ2) is 3.57. The second-order valence-corrected chi connectivity index (χ2v) is 4.31. The van der Waals surface area contributed by atoms with Gasteiger partial charge < -0.3 is 5.73 Å². The van der Waals surface area contributed by atoms with Gasteiger partial charge in [-0.15, -0.1) is 0 Å². The fourth-order valence-electron chi connectivity index (χ4n) is 1.64. The number of hydrogen-bond donors (Lipinski definition) is 1. The van der Waals surface area contributed by atoms with Crippen LogP contribution in [0.25, 0.3) is 22.2 Å². The van der Waals surface area contributed by atoms with Crippen LogP contribution in [0.2, 0.25) is 0 Å². The summed E-state index contributed by atoms with van der Waals surface area (Å²) in [7, 11) is 0. The first-order valence-corrected chi connectivity index (χ1v) is 5.68. The Balaban J connectivity index is 2.19. The number of aromatic nitrogens is 2. The van der Waals surface area contributed by atoms with E-state index < -0.39 is 0 Å². The zero-order valence-electron chi connectivity index (χ0n) is 8.42. The minimum Gasteiger partial charge on any atom is -0.388 e. The van der Waals surface area contributed by atoms with Crippen molar-refractivity contribution in [2.24, 2.45) is 0 Å². The molecule has 0 spiro atoms. The Labute approximate surface area is 96.7 Å². The molecule has 0 aliphatic heterocycles. The number of pyridine rings is 1. The largest absolute Gasteiger partial charge is 0.388 e. The van der Waals surface area contributed by atoms with Gasteiger partial charge in [0.2, 0.25) is 0 Å². The molecule has 3 aromatic rings. The highest BCUT2D eigenvalue weighted by molar-refractivity contribution is 7.11. The number of hydrogen-bond acceptors (Lipinski definition) is 4. The molecule has 0 bridgehead atoms. The number of fused-ring (bicyclic) bond motifs is 1. The molecule has 0 unspecified atom stereocenters. The van der Waals surface area contributed by atoms with Crippen LogP contribution in [-0.2, 0) is 0 Å². The lowest BCUT2D eigenvalue weighted by atomic mass is 10.1. The van der Waals surface area contributed by atoms with Crippen LogP contribution in [0.1, 0.15) is 0 Å². The zero-order valence-corrected chi connectivity index (χ0v) is 9.24. The van der Waals surface area contributed by atoms with Gasteiger partial charge in [0.05, 0.1) is 0 Å². The van der Waals surface area contributed by atoms with Gasteiger partial charge in [0.15, 0.2) is 0 Å². The standard InChI is InChI=1S/C12H9N3S/c13-12-11-10(15-16-12)6-9(7-14-11)8-4-2-1-3-5-8/h1-7H,13H2. The van der Waals surface area contributed by atoms with Crippen LogP contribution in [0, 0.1) is 0 Å². The summed E-state index contributed by atoms with van der Waals surface area (Å²) in [4.78, 5) is 4.34. The van der Waals surface area contributed by atoms with Crippen molar-refractivity contribution < 1.29 is 0 Å². The third-order valence-corrected chi connectivity index (χ3v) is 3.13. The minimum absolute atomic E-state index is 0.676. The van der Waals surface area contributed by atoms with Gasteiger partial charge in [-0.1, -0.05) is 30.3 Å². The molecule has 0 saturated heterocycles. The molecule has 3 nitrogen and oxygen atoms in total. The van der Waals surface area contributed by atoms with Crippen LogP contribution < -0.4 is 5.73 Å². The summed E-state index contributed by atoms with van der Waals surface area (Å²) in [5.74, 6) is 0. The molecule has 2 aromatic heterocycles. The van der Waals surface area contributed by atoms with Gasteiger partial charge in [-0.25, -0.2) is 0 Å². The number of nitrogen functional groups attached to an aromatic ring is 1. The van der Waals surface area contributed by atoms with Crippen molar-refractivity contribution >= 4 is 27.6 Å². The smallest absolute Gasteiger partial charge is 0.133 e. The van der Waals surface area contributed by atoms with E-state index in [-0.39, 0.29) is 0 Å². The molecular weight excluding hydrogens is 218 g/mol. The summed E-state index contributed by atoms with van der Waals surface area (Å²) in [6.07, 6.45) is 1.84. The number of benzene rings is 1. The van der Waals surface area contributed by atoms with Crippen molar-refractivity contribution in [2.45, 2.75) is 0 Å². The molecule has 0 saturated carbocycles. The average molecular weight is 227 g/mol. The van der Waals surface area contributed by atoms with E-state index in [1.807, 2.05) is 30.5 Å². The normalized spacial score (nSPS) is 10.8. The SMILES string of the molecule is Nc1snc2cc(-c3ccccc3)cnc12. The summed E-state index contributed by atoms with van der Waals surface area (Å²) in [6, 6.07) is 12.1. The van der Waals surface area contributed by atoms with Crippen molar-refractivity contribution in [2.75, 3.05) is 5.73 Å². The van der Waals surface area contributed by atoms with Crippen LogP contribution in [0.4, 0.5) is 5.00 Å². The summed E-state index contributed by atoms with van der Waals surface area (Å²) < 4.78 is 4.26. The lowest BCUT2D eigenvalue weighted by molar-refractivity contribution is 1.41. The van der Waals surface area contributed by atoms with E-state index in [2.05, 4.69) is 21.5 Å². The Hall–Kier alpha value is -1.94. The van der Waals surface area contributed by atoms with E-state index in [1.165, 1.54) is 11.5 Å². The molecule has 78 valence electrons. The van der Waals surface area contributed by atoms with Gasteiger partial charge in [0.1, 0.15) is 16.0 Å². The van der Waals surface area contributed by atoms with E-state index in [9.17, 15) is 0 Å². The van der Waals surface area contributed by atoms with Crippen LogP contribution in [0.15, 0.2) is 42.6 Å².